The summed E-state index contributed by atoms with van der Waals surface area (Å²) < 4.78 is 13.4. The third-order valence-corrected chi connectivity index (χ3v) is 5.76. The Morgan fingerprint density at radius 1 is 1.30 bits per heavy atom. The van der Waals surface area contributed by atoms with Crippen LogP contribution in [0.4, 0.5) is 4.39 Å². The number of hydrogen-bond acceptors (Lipinski definition) is 3. The Hall–Kier alpha value is -1.86. The van der Waals surface area contributed by atoms with E-state index in [1.165, 1.54) is 12.1 Å². The minimum atomic E-state index is -0.334. The van der Waals surface area contributed by atoms with E-state index in [-0.39, 0.29) is 17.1 Å². The molecule has 1 aliphatic heterocycles. The lowest BCUT2D eigenvalue weighted by atomic mass is 9.84. The molecule has 1 saturated heterocycles. The van der Waals surface area contributed by atoms with Crippen molar-refractivity contribution in [2.45, 2.75) is 51.5 Å². The van der Waals surface area contributed by atoms with Crippen LogP contribution in [0, 0.1) is 5.82 Å². The minimum absolute atomic E-state index is 0.0995. The highest BCUT2D eigenvalue weighted by Gasteiger charge is 2.25. The topological polar surface area (TPSA) is 68.8 Å². The molecule has 0 radical (unpaired) electrons. The standard InChI is InChI=1S/C22H35ClFN5O/c1-5-10-26-20(30)14-29-11-8-17(9-12-29)28-21(25-4)27-15-22(2,3)18-7-6-16(24)13-19(18)23/h6-7,13,17H,5,8-12,14-15H2,1-4H3,(H,26,30)(H2,25,27,28). The first kappa shape index (κ1) is 24.4. The van der Waals surface area contributed by atoms with Gasteiger partial charge in [-0.1, -0.05) is 38.4 Å². The molecule has 3 N–H and O–H groups in total. The van der Waals surface area contributed by atoms with Gasteiger partial charge < -0.3 is 16.0 Å². The van der Waals surface area contributed by atoms with E-state index >= 15 is 0 Å². The van der Waals surface area contributed by atoms with Crippen LogP contribution in [0.3, 0.4) is 0 Å². The molecule has 0 bridgehead atoms. The van der Waals surface area contributed by atoms with Crippen LogP contribution in [0.5, 0.6) is 0 Å². The summed E-state index contributed by atoms with van der Waals surface area (Å²) in [6.07, 6.45) is 2.86. The molecule has 1 aliphatic rings. The zero-order valence-corrected chi connectivity index (χ0v) is 19.3. The molecule has 1 heterocycles. The number of amides is 1. The SMILES string of the molecule is CCCNC(=O)CN1CCC(NC(=NC)NCC(C)(C)c2ccc(F)cc2Cl)CC1. The van der Waals surface area contributed by atoms with Gasteiger partial charge in [-0.05, 0) is 37.0 Å². The van der Waals surface area contributed by atoms with Gasteiger partial charge in [-0.2, -0.15) is 0 Å². The third kappa shape index (κ3) is 7.43. The van der Waals surface area contributed by atoms with Crippen LogP contribution in [-0.2, 0) is 10.2 Å². The Balaban J connectivity index is 1.80. The van der Waals surface area contributed by atoms with Crippen LogP contribution in [0.1, 0.15) is 45.6 Å². The number of aliphatic imine (C=N–C) groups is 1. The second-order valence-electron chi connectivity index (χ2n) is 8.48. The largest absolute Gasteiger partial charge is 0.356 e. The molecule has 8 heteroatoms. The maximum absolute atomic E-state index is 13.4. The van der Waals surface area contributed by atoms with E-state index < -0.39 is 0 Å². The number of guanidine groups is 1. The number of halogens is 2. The van der Waals surface area contributed by atoms with Crippen LogP contribution < -0.4 is 16.0 Å². The number of benzene rings is 1. The monoisotopic (exact) mass is 439 g/mol. The second kappa shape index (κ2) is 11.5. The lowest BCUT2D eigenvalue weighted by Crippen LogP contribution is -2.51. The predicted molar refractivity (Wildman–Crippen MR) is 122 cm³/mol. The first-order valence-electron chi connectivity index (χ1n) is 10.7. The highest BCUT2D eigenvalue weighted by Crippen LogP contribution is 2.29. The molecule has 1 fully saturated rings. The number of hydrogen-bond donors (Lipinski definition) is 3. The Morgan fingerprint density at radius 3 is 2.60 bits per heavy atom. The van der Waals surface area contributed by atoms with E-state index in [4.69, 9.17) is 11.6 Å². The number of nitrogens with zero attached hydrogens (tertiary/aromatic N) is 2. The first-order chi connectivity index (χ1) is 14.2. The Kier molecular flexibility index (Phi) is 9.37. The van der Waals surface area contributed by atoms with E-state index in [0.29, 0.717) is 24.2 Å². The molecule has 168 valence electrons. The van der Waals surface area contributed by atoms with Gasteiger partial charge in [0.05, 0.1) is 6.54 Å². The molecule has 0 aromatic heterocycles. The lowest BCUT2D eigenvalue weighted by Gasteiger charge is -2.33. The minimum Gasteiger partial charge on any atom is -0.356 e. The van der Waals surface area contributed by atoms with Gasteiger partial charge in [0.2, 0.25) is 5.91 Å². The summed E-state index contributed by atoms with van der Waals surface area (Å²) in [5.74, 6) is 0.502. The van der Waals surface area contributed by atoms with Crippen molar-refractivity contribution in [1.29, 1.82) is 0 Å². The summed E-state index contributed by atoms with van der Waals surface area (Å²) in [5, 5.41) is 10.2. The summed E-state index contributed by atoms with van der Waals surface area (Å²) >= 11 is 6.25. The zero-order valence-electron chi connectivity index (χ0n) is 18.5. The highest BCUT2D eigenvalue weighted by atomic mass is 35.5. The number of likely N-dealkylation sites (tertiary alicyclic amines) is 1. The van der Waals surface area contributed by atoms with Gasteiger partial charge in [-0.15, -0.1) is 0 Å². The molecule has 0 atom stereocenters. The van der Waals surface area contributed by atoms with E-state index in [0.717, 1.165) is 50.4 Å². The molecule has 0 saturated carbocycles. The fourth-order valence-electron chi connectivity index (χ4n) is 3.59. The molecule has 30 heavy (non-hydrogen) atoms. The molecule has 6 nitrogen and oxygen atoms in total. The van der Waals surface area contributed by atoms with Gasteiger partial charge in [0, 0.05) is 49.7 Å². The Bertz CT molecular complexity index is 732. The van der Waals surface area contributed by atoms with Crippen molar-refractivity contribution in [2.75, 3.05) is 39.8 Å². The van der Waals surface area contributed by atoms with Crippen molar-refractivity contribution in [3.63, 3.8) is 0 Å². The fraction of sp³-hybridized carbons (Fsp3) is 0.636. The highest BCUT2D eigenvalue weighted by molar-refractivity contribution is 6.31. The maximum atomic E-state index is 13.4. The summed E-state index contributed by atoms with van der Waals surface area (Å²) in [6, 6.07) is 4.83. The molecule has 2 rings (SSSR count). The fourth-order valence-corrected chi connectivity index (χ4v) is 4.01. The molecular weight excluding hydrogens is 405 g/mol. The average molecular weight is 440 g/mol. The molecular formula is C22H35ClFN5O. The van der Waals surface area contributed by atoms with Gasteiger partial charge in [0.25, 0.3) is 0 Å². The van der Waals surface area contributed by atoms with Gasteiger partial charge in [0.1, 0.15) is 5.82 Å². The molecule has 0 spiro atoms. The quantitative estimate of drug-likeness (QED) is 0.430. The van der Waals surface area contributed by atoms with Gasteiger partial charge >= 0.3 is 0 Å². The van der Waals surface area contributed by atoms with Gasteiger partial charge in [-0.3, -0.25) is 14.7 Å². The number of nitrogens with one attached hydrogen (secondary N) is 3. The van der Waals surface area contributed by atoms with Crippen molar-refractivity contribution < 1.29 is 9.18 Å². The van der Waals surface area contributed by atoms with Crippen LogP contribution in [0.25, 0.3) is 0 Å². The van der Waals surface area contributed by atoms with Crippen molar-refractivity contribution in [1.82, 2.24) is 20.9 Å². The van der Waals surface area contributed by atoms with Crippen molar-refractivity contribution in [2.24, 2.45) is 4.99 Å². The van der Waals surface area contributed by atoms with E-state index in [2.05, 4.69) is 39.7 Å². The Labute approximate surface area is 184 Å². The van der Waals surface area contributed by atoms with Crippen LogP contribution >= 0.6 is 11.6 Å². The smallest absolute Gasteiger partial charge is 0.234 e. The maximum Gasteiger partial charge on any atom is 0.234 e. The average Bonchev–Trinajstić information content (AvgIpc) is 2.70. The Morgan fingerprint density at radius 2 is 2.00 bits per heavy atom. The summed E-state index contributed by atoms with van der Waals surface area (Å²) in [6.45, 7) is 9.74. The number of carbonyl (C=O) groups excluding carboxylic acids is 1. The molecule has 1 amide bonds. The van der Waals surface area contributed by atoms with Crippen molar-refractivity contribution in [3.8, 4) is 0 Å². The van der Waals surface area contributed by atoms with Crippen LogP contribution in [0.2, 0.25) is 5.02 Å². The van der Waals surface area contributed by atoms with Crippen LogP contribution in [-0.4, -0.2) is 62.6 Å². The van der Waals surface area contributed by atoms with Gasteiger partial charge in [-0.25, -0.2) is 4.39 Å². The second-order valence-corrected chi connectivity index (χ2v) is 8.89. The summed E-state index contributed by atoms with van der Waals surface area (Å²) in [5.41, 5.74) is 0.598. The first-order valence-corrected chi connectivity index (χ1v) is 11.0. The zero-order chi connectivity index (χ0) is 22.1. The van der Waals surface area contributed by atoms with E-state index in [9.17, 15) is 9.18 Å². The molecule has 1 aromatic carbocycles. The van der Waals surface area contributed by atoms with E-state index in [1.54, 1.807) is 13.1 Å². The number of carbonyl (C=O) groups is 1. The molecule has 1 aromatic rings. The number of rotatable bonds is 8. The predicted octanol–water partition coefficient (Wildman–Crippen LogP) is 2.91. The lowest BCUT2D eigenvalue weighted by molar-refractivity contribution is -0.122. The normalized spacial score (nSPS) is 16.4. The van der Waals surface area contributed by atoms with Gasteiger partial charge in [0.15, 0.2) is 5.96 Å². The van der Waals surface area contributed by atoms with E-state index in [1.807, 2.05) is 6.92 Å². The molecule has 0 aliphatic carbocycles. The third-order valence-electron chi connectivity index (χ3n) is 5.45. The van der Waals surface area contributed by atoms with Crippen LogP contribution in [0.15, 0.2) is 23.2 Å². The van der Waals surface area contributed by atoms with Crippen molar-refractivity contribution in [3.05, 3.63) is 34.6 Å². The molecule has 0 unspecified atom stereocenters. The number of piperidine rings is 1. The summed E-state index contributed by atoms with van der Waals surface area (Å²) in [4.78, 5) is 18.4. The summed E-state index contributed by atoms with van der Waals surface area (Å²) in [7, 11) is 1.75. The van der Waals surface area contributed by atoms with Crippen molar-refractivity contribution >= 4 is 23.5 Å².